The molecule has 9 heteroatoms. The molecule has 0 bridgehead atoms. The molecule has 0 aliphatic carbocycles. The number of rotatable bonds is 6. The van der Waals surface area contributed by atoms with Crippen molar-refractivity contribution in [1.82, 2.24) is 9.29 Å². The number of hydrazone groups is 1. The van der Waals surface area contributed by atoms with E-state index < -0.39 is 10.0 Å². The highest BCUT2D eigenvalue weighted by atomic mass is 32.2. The van der Waals surface area contributed by atoms with E-state index >= 15 is 0 Å². The average molecular weight is 419 g/mol. The Morgan fingerprint density at radius 3 is 2.59 bits per heavy atom. The van der Waals surface area contributed by atoms with Gasteiger partial charge >= 0.3 is 0 Å². The molecule has 1 aliphatic rings. The summed E-state index contributed by atoms with van der Waals surface area (Å²) in [7, 11) is -3.38. The summed E-state index contributed by atoms with van der Waals surface area (Å²) in [6.45, 7) is 1.22. The van der Waals surface area contributed by atoms with Gasteiger partial charge in [0.1, 0.15) is 0 Å². The third-order valence-corrected chi connectivity index (χ3v) is 7.72. The van der Waals surface area contributed by atoms with Crippen LogP contribution in [0.15, 0.2) is 57.2 Å². The summed E-state index contributed by atoms with van der Waals surface area (Å²) >= 11 is 3.07. The number of hydrogen-bond acceptors (Lipinski definition) is 7. The average Bonchev–Trinajstić information content (AvgIpc) is 3.44. The SMILES string of the molecule is O=S(=O)(c1ccc(-c2csc(NN=Cc3cccs3)n2)cc1)N1CCCC1. The fourth-order valence-corrected chi connectivity index (χ4v) is 5.62. The number of nitrogens with zero attached hydrogens (tertiary/aromatic N) is 3. The minimum absolute atomic E-state index is 0.335. The van der Waals surface area contributed by atoms with Crippen molar-refractivity contribution in [3.63, 3.8) is 0 Å². The number of hydrogen-bond donors (Lipinski definition) is 1. The van der Waals surface area contributed by atoms with E-state index in [1.807, 2.05) is 22.9 Å². The second kappa shape index (κ2) is 7.89. The fourth-order valence-electron chi connectivity index (χ4n) is 2.85. The molecule has 0 unspecified atom stereocenters. The number of sulfonamides is 1. The van der Waals surface area contributed by atoms with E-state index in [4.69, 9.17) is 0 Å². The van der Waals surface area contributed by atoms with Crippen LogP contribution in [0.3, 0.4) is 0 Å². The van der Waals surface area contributed by atoms with Crippen molar-refractivity contribution in [2.45, 2.75) is 17.7 Å². The lowest BCUT2D eigenvalue weighted by Crippen LogP contribution is -2.27. The van der Waals surface area contributed by atoms with E-state index in [0.717, 1.165) is 29.0 Å². The molecule has 1 aliphatic heterocycles. The minimum atomic E-state index is -3.38. The zero-order valence-electron chi connectivity index (χ0n) is 14.4. The van der Waals surface area contributed by atoms with Gasteiger partial charge in [0.25, 0.3) is 0 Å². The molecule has 140 valence electrons. The Labute approximate surface area is 166 Å². The van der Waals surface area contributed by atoms with Crippen LogP contribution in [0, 0.1) is 0 Å². The third kappa shape index (κ3) is 4.11. The van der Waals surface area contributed by atoms with Crippen molar-refractivity contribution >= 4 is 44.0 Å². The summed E-state index contributed by atoms with van der Waals surface area (Å²) in [5.41, 5.74) is 4.59. The van der Waals surface area contributed by atoms with E-state index in [2.05, 4.69) is 15.5 Å². The second-order valence-corrected chi connectivity index (χ2v) is 9.83. The maximum atomic E-state index is 12.6. The molecule has 1 N–H and O–H groups in total. The van der Waals surface area contributed by atoms with E-state index in [9.17, 15) is 8.42 Å². The zero-order chi connectivity index (χ0) is 18.7. The maximum Gasteiger partial charge on any atom is 0.243 e. The molecule has 1 saturated heterocycles. The van der Waals surface area contributed by atoms with Crippen LogP contribution in [0.4, 0.5) is 5.13 Å². The maximum absolute atomic E-state index is 12.6. The summed E-state index contributed by atoms with van der Waals surface area (Å²) in [6.07, 6.45) is 3.62. The molecule has 0 saturated carbocycles. The highest BCUT2D eigenvalue weighted by Gasteiger charge is 2.26. The number of thiophene rings is 1. The Morgan fingerprint density at radius 2 is 1.89 bits per heavy atom. The summed E-state index contributed by atoms with van der Waals surface area (Å²) in [5.74, 6) is 0. The summed E-state index contributed by atoms with van der Waals surface area (Å²) in [4.78, 5) is 5.91. The van der Waals surface area contributed by atoms with Crippen molar-refractivity contribution in [3.8, 4) is 11.3 Å². The number of anilines is 1. The number of benzene rings is 1. The van der Waals surface area contributed by atoms with Gasteiger partial charge < -0.3 is 0 Å². The highest BCUT2D eigenvalue weighted by molar-refractivity contribution is 7.89. The largest absolute Gasteiger partial charge is 0.253 e. The standard InChI is InChI=1S/C18H18N4O2S3/c23-27(24,22-9-1-2-10-22)16-7-5-14(6-8-16)17-13-26-18(20-17)21-19-12-15-4-3-11-25-15/h3-8,11-13H,1-2,9-10H2,(H,20,21). The first-order chi connectivity index (χ1) is 13.1. The quantitative estimate of drug-likeness (QED) is 0.483. The summed E-state index contributed by atoms with van der Waals surface area (Å²) in [5, 5.41) is 8.79. The topological polar surface area (TPSA) is 74.7 Å². The van der Waals surface area contributed by atoms with Crippen LogP contribution < -0.4 is 5.43 Å². The molecule has 6 nitrogen and oxygen atoms in total. The molecule has 4 rings (SSSR count). The number of thiazole rings is 1. The van der Waals surface area contributed by atoms with Crippen LogP contribution in [-0.4, -0.2) is 37.0 Å². The molecule has 2 aromatic heterocycles. The van der Waals surface area contributed by atoms with Gasteiger partial charge in [-0.25, -0.2) is 13.4 Å². The molecule has 0 amide bonds. The van der Waals surface area contributed by atoms with Crippen LogP contribution in [0.25, 0.3) is 11.3 Å². The Hall–Kier alpha value is -2.07. The summed E-state index contributed by atoms with van der Waals surface area (Å²) in [6, 6.07) is 10.9. The molecule has 0 spiro atoms. The van der Waals surface area contributed by atoms with Gasteiger partial charge in [-0.15, -0.1) is 22.7 Å². The Bertz CT molecular complexity index is 1020. The predicted octanol–water partition coefficient (Wildman–Crippen LogP) is 4.10. The van der Waals surface area contributed by atoms with Crippen molar-refractivity contribution < 1.29 is 8.42 Å². The lowest BCUT2D eigenvalue weighted by Gasteiger charge is -2.15. The molecule has 3 aromatic rings. The van der Waals surface area contributed by atoms with Gasteiger partial charge in [0.15, 0.2) is 0 Å². The first-order valence-electron chi connectivity index (χ1n) is 8.52. The van der Waals surface area contributed by atoms with Gasteiger partial charge in [0.05, 0.1) is 16.8 Å². The molecular weight excluding hydrogens is 400 g/mol. The smallest absolute Gasteiger partial charge is 0.243 e. The molecule has 27 heavy (non-hydrogen) atoms. The van der Waals surface area contributed by atoms with E-state index in [1.54, 1.807) is 46.1 Å². The molecule has 3 heterocycles. The van der Waals surface area contributed by atoms with Crippen LogP contribution in [0.5, 0.6) is 0 Å². The van der Waals surface area contributed by atoms with Gasteiger partial charge in [-0.05, 0) is 36.4 Å². The minimum Gasteiger partial charge on any atom is -0.253 e. The van der Waals surface area contributed by atoms with Crippen molar-refractivity contribution in [1.29, 1.82) is 0 Å². The van der Waals surface area contributed by atoms with Crippen molar-refractivity contribution in [2.75, 3.05) is 18.5 Å². The van der Waals surface area contributed by atoms with E-state index in [-0.39, 0.29) is 0 Å². The van der Waals surface area contributed by atoms with Gasteiger partial charge in [-0.1, -0.05) is 18.2 Å². The van der Waals surface area contributed by atoms with Crippen LogP contribution in [0.2, 0.25) is 0 Å². The van der Waals surface area contributed by atoms with Crippen LogP contribution in [0.1, 0.15) is 17.7 Å². The Kier molecular flexibility index (Phi) is 5.35. The fraction of sp³-hybridized carbons (Fsp3) is 0.222. The molecule has 1 aromatic carbocycles. The Balaban J connectivity index is 1.45. The van der Waals surface area contributed by atoms with E-state index in [1.165, 1.54) is 11.3 Å². The number of nitrogens with one attached hydrogen (secondary N) is 1. The monoisotopic (exact) mass is 418 g/mol. The predicted molar refractivity (Wildman–Crippen MR) is 111 cm³/mol. The lowest BCUT2D eigenvalue weighted by atomic mass is 10.2. The van der Waals surface area contributed by atoms with Gasteiger partial charge in [-0.2, -0.15) is 9.41 Å². The Morgan fingerprint density at radius 1 is 1.11 bits per heavy atom. The van der Waals surface area contributed by atoms with Gasteiger partial charge in [0.2, 0.25) is 15.2 Å². The third-order valence-electron chi connectivity index (χ3n) is 4.25. The highest BCUT2D eigenvalue weighted by Crippen LogP contribution is 2.27. The zero-order valence-corrected chi connectivity index (χ0v) is 16.9. The normalized spacial score (nSPS) is 15.6. The van der Waals surface area contributed by atoms with E-state index in [0.29, 0.717) is 23.1 Å². The summed E-state index contributed by atoms with van der Waals surface area (Å²) < 4.78 is 26.7. The molecule has 0 atom stereocenters. The number of aromatic nitrogens is 1. The van der Waals surface area contributed by atoms with Crippen LogP contribution in [-0.2, 0) is 10.0 Å². The molecule has 0 radical (unpaired) electrons. The van der Waals surface area contributed by atoms with Crippen molar-refractivity contribution in [2.24, 2.45) is 5.10 Å². The first-order valence-corrected chi connectivity index (χ1v) is 11.7. The van der Waals surface area contributed by atoms with Gasteiger partial charge in [0, 0.05) is 28.9 Å². The second-order valence-electron chi connectivity index (χ2n) is 6.06. The molecular formula is C18H18N4O2S3. The molecule has 1 fully saturated rings. The van der Waals surface area contributed by atoms with Crippen molar-refractivity contribution in [3.05, 3.63) is 52.0 Å². The van der Waals surface area contributed by atoms with Crippen LogP contribution >= 0.6 is 22.7 Å². The lowest BCUT2D eigenvalue weighted by molar-refractivity contribution is 0.477. The van der Waals surface area contributed by atoms with Gasteiger partial charge in [-0.3, -0.25) is 5.43 Å². The first kappa shape index (κ1) is 18.3.